The molecule has 3 aromatic rings. The van der Waals surface area contributed by atoms with Crippen molar-refractivity contribution in [3.05, 3.63) is 89.1 Å². The summed E-state index contributed by atoms with van der Waals surface area (Å²) in [5, 5.41) is 1.48. The van der Waals surface area contributed by atoms with Crippen LogP contribution in [0.1, 0.15) is 0 Å². The number of nitrogens with zero attached hydrogens (tertiary/aromatic N) is 1. The van der Waals surface area contributed by atoms with Gasteiger partial charge in [0.15, 0.2) is 16.8 Å². The van der Waals surface area contributed by atoms with Crippen LogP contribution in [0.3, 0.4) is 0 Å². The summed E-state index contributed by atoms with van der Waals surface area (Å²) >= 11 is 0. The number of hydrogen-bond donors (Lipinski definition) is 0. The van der Waals surface area contributed by atoms with Crippen molar-refractivity contribution in [1.82, 2.24) is 4.98 Å². The highest BCUT2D eigenvalue weighted by molar-refractivity contribution is 6.02. The molecular formula is C22H13NO2. The Labute approximate surface area is 143 Å². The Bertz CT molecular complexity index is 1260. The maximum absolute atomic E-state index is 13.2. The van der Waals surface area contributed by atoms with E-state index in [4.69, 9.17) is 9.40 Å². The molecule has 0 N–H and O–H groups in total. The van der Waals surface area contributed by atoms with Gasteiger partial charge in [0.2, 0.25) is 0 Å². The lowest BCUT2D eigenvalue weighted by atomic mass is 9.95. The summed E-state index contributed by atoms with van der Waals surface area (Å²) in [5.74, 6) is 0.536. The van der Waals surface area contributed by atoms with Crippen LogP contribution in [-0.4, -0.2) is 4.98 Å². The summed E-state index contributed by atoms with van der Waals surface area (Å²) in [4.78, 5) is 18.0. The van der Waals surface area contributed by atoms with Crippen LogP contribution in [0.2, 0.25) is 0 Å². The van der Waals surface area contributed by atoms with Crippen molar-refractivity contribution in [2.45, 2.75) is 0 Å². The van der Waals surface area contributed by atoms with Crippen molar-refractivity contribution in [1.29, 1.82) is 0 Å². The molecule has 1 heterocycles. The van der Waals surface area contributed by atoms with E-state index in [1.807, 2.05) is 78.9 Å². The van der Waals surface area contributed by atoms with E-state index in [1.165, 1.54) is 0 Å². The Hall–Kier alpha value is -3.46. The zero-order chi connectivity index (χ0) is 16.8. The highest BCUT2D eigenvalue weighted by Gasteiger charge is 2.22. The Morgan fingerprint density at radius 1 is 0.720 bits per heavy atom. The van der Waals surface area contributed by atoms with Gasteiger partial charge in [0, 0.05) is 10.8 Å². The van der Waals surface area contributed by atoms with Gasteiger partial charge >= 0.3 is 0 Å². The van der Waals surface area contributed by atoms with Crippen LogP contribution >= 0.6 is 0 Å². The van der Waals surface area contributed by atoms with Gasteiger partial charge in [0.25, 0.3) is 0 Å². The van der Waals surface area contributed by atoms with E-state index in [2.05, 4.69) is 0 Å². The zero-order valence-corrected chi connectivity index (χ0v) is 13.3. The summed E-state index contributed by atoms with van der Waals surface area (Å²) < 4.78 is 6.16. The largest absolute Gasteiger partial charge is 0.452 e. The average molecular weight is 323 g/mol. The van der Waals surface area contributed by atoms with Gasteiger partial charge in [-0.1, -0.05) is 66.7 Å². The number of aromatic nitrogens is 1. The molecular weight excluding hydrogens is 310 g/mol. The van der Waals surface area contributed by atoms with Gasteiger partial charge in [-0.25, -0.2) is 4.98 Å². The topological polar surface area (TPSA) is 43.1 Å². The van der Waals surface area contributed by atoms with Gasteiger partial charge in [0.05, 0.1) is 5.56 Å². The van der Waals surface area contributed by atoms with Gasteiger partial charge in [-0.05, 0) is 17.7 Å². The molecule has 0 saturated carbocycles. The average Bonchev–Trinajstić information content (AvgIpc) is 2.68. The van der Waals surface area contributed by atoms with Crippen LogP contribution < -0.4 is 5.43 Å². The van der Waals surface area contributed by atoms with Gasteiger partial charge in [-0.3, -0.25) is 4.79 Å². The number of fused-ring (bicyclic) bond motifs is 4. The van der Waals surface area contributed by atoms with Crippen molar-refractivity contribution >= 4 is 21.9 Å². The highest BCUT2D eigenvalue weighted by atomic mass is 16.3. The molecule has 5 rings (SSSR count). The molecule has 3 heteroatoms. The number of rotatable bonds is 1. The van der Waals surface area contributed by atoms with Crippen LogP contribution in [0, 0.1) is 0 Å². The van der Waals surface area contributed by atoms with Gasteiger partial charge in [-0.15, -0.1) is 0 Å². The predicted molar refractivity (Wildman–Crippen MR) is 99.8 cm³/mol. The summed E-state index contributed by atoms with van der Waals surface area (Å²) in [6, 6.07) is 24.8. The molecule has 0 unspecified atom stereocenters. The van der Waals surface area contributed by atoms with Crippen molar-refractivity contribution in [2.24, 2.45) is 0 Å². The molecule has 0 spiro atoms. The molecule has 118 valence electrons. The molecule has 1 aliphatic heterocycles. The standard InChI is InChI=1S/C22H13NO2/c24-21-16-11-5-4-10-15(16)20-22(19(21)14-8-2-1-3-9-14)25-18-13-7-6-12-17(18)23-20/h1-13H. The third-order valence-electron chi connectivity index (χ3n) is 4.47. The van der Waals surface area contributed by atoms with E-state index in [0.29, 0.717) is 28.0 Å². The molecule has 3 aromatic carbocycles. The summed E-state index contributed by atoms with van der Waals surface area (Å²) in [7, 11) is 0. The molecule has 0 bridgehead atoms. The molecule has 0 aromatic heterocycles. The Morgan fingerprint density at radius 2 is 1.40 bits per heavy atom. The number of para-hydroxylation sites is 2. The minimum atomic E-state index is -0.0323. The maximum atomic E-state index is 13.2. The minimum absolute atomic E-state index is 0.0323. The molecule has 0 amide bonds. The predicted octanol–water partition coefficient (Wildman–Crippen LogP) is 5.11. The third kappa shape index (κ3) is 2.06. The van der Waals surface area contributed by atoms with Gasteiger partial charge < -0.3 is 4.42 Å². The van der Waals surface area contributed by atoms with Crippen LogP contribution in [0.4, 0.5) is 0 Å². The van der Waals surface area contributed by atoms with Gasteiger partial charge in [-0.2, -0.15) is 0 Å². The molecule has 0 atom stereocenters. The quantitative estimate of drug-likeness (QED) is 0.318. The summed E-state index contributed by atoms with van der Waals surface area (Å²) in [5.41, 5.74) is 3.53. The normalized spacial score (nSPS) is 11.4. The van der Waals surface area contributed by atoms with E-state index < -0.39 is 0 Å². The lowest BCUT2D eigenvalue weighted by Gasteiger charge is -2.14. The van der Waals surface area contributed by atoms with Crippen molar-refractivity contribution in [2.75, 3.05) is 0 Å². The SMILES string of the molecule is O=c1c(-c2ccccc2)c2oc3ccccc3nc-2c2ccccc12. The summed E-state index contributed by atoms with van der Waals surface area (Å²) in [6.07, 6.45) is 0. The first kappa shape index (κ1) is 13.9. The van der Waals surface area contributed by atoms with E-state index in [9.17, 15) is 4.79 Å². The lowest BCUT2D eigenvalue weighted by molar-refractivity contribution is 0.615. The van der Waals surface area contributed by atoms with E-state index in [1.54, 1.807) is 0 Å². The Balaban J connectivity index is 2.06. The van der Waals surface area contributed by atoms with Crippen LogP contribution in [-0.2, 0) is 0 Å². The van der Waals surface area contributed by atoms with Crippen molar-refractivity contribution in [3.63, 3.8) is 0 Å². The lowest BCUT2D eigenvalue weighted by Crippen LogP contribution is -2.10. The maximum Gasteiger partial charge on any atom is 0.198 e. The molecule has 2 aliphatic rings. The summed E-state index contributed by atoms with van der Waals surface area (Å²) in [6.45, 7) is 0. The Kier molecular flexibility index (Phi) is 2.94. The first-order valence-electron chi connectivity index (χ1n) is 8.12. The second kappa shape index (κ2) is 5.28. The first-order chi connectivity index (χ1) is 12.3. The molecule has 3 nitrogen and oxygen atoms in total. The molecule has 0 saturated heterocycles. The monoisotopic (exact) mass is 323 g/mol. The highest BCUT2D eigenvalue weighted by Crippen LogP contribution is 2.37. The molecule has 1 aliphatic carbocycles. The Morgan fingerprint density at radius 3 is 2.24 bits per heavy atom. The smallest absolute Gasteiger partial charge is 0.198 e. The fourth-order valence-corrected chi connectivity index (χ4v) is 3.31. The first-order valence-corrected chi connectivity index (χ1v) is 8.12. The van der Waals surface area contributed by atoms with Crippen molar-refractivity contribution < 1.29 is 4.42 Å². The van der Waals surface area contributed by atoms with Crippen LogP contribution in [0.15, 0.2) is 88.1 Å². The fraction of sp³-hybridized carbons (Fsp3) is 0. The second-order valence-corrected chi connectivity index (χ2v) is 5.98. The van der Waals surface area contributed by atoms with Crippen LogP contribution in [0.5, 0.6) is 0 Å². The number of hydrogen-bond acceptors (Lipinski definition) is 3. The third-order valence-corrected chi connectivity index (χ3v) is 4.47. The van der Waals surface area contributed by atoms with Crippen molar-refractivity contribution in [3.8, 4) is 22.6 Å². The van der Waals surface area contributed by atoms with E-state index in [0.717, 1.165) is 16.5 Å². The molecule has 25 heavy (non-hydrogen) atoms. The van der Waals surface area contributed by atoms with Gasteiger partial charge in [0.1, 0.15) is 11.2 Å². The van der Waals surface area contributed by atoms with Crippen LogP contribution in [0.25, 0.3) is 44.5 Å². The van der Waals surface area contributed by atoms with E-state index >= 15 is 0 Å². The van der Waals surface area contributed by atoms with E-state index in [-0.39, 0.29) is 5.43 Å². The fourth-order valence-electron chi connectivity index (χ4n) is 3.31. The second-order valence-electron chi connectivity index (χ2n) is 5.98. The molecule has 0 fully saturated rings. The number of benzene rings is 4. The minimum Gasteiger partial charge on any atom is -0.452 e. The molecule has 0 radical (unpaired) electrons. The zero-order valence-electron chi connectivity index (χ0n) is 13.3.